The lowest BCUT2D eigenvalue weighted by molar-refractivity contribution is 1.05. The molecular formula is C18H12Cl6N8S. The third-order valence-corrected chi connectivity index (χ3v) is 4.74. The molecule has 8 nitrogen and oxygen atoms in total. The molecule has 2 heterocycles. The van der Waals surface area contributed by atoms with E-state index in [0.29, 0.717) is 21.4 Å². The van der Waals surface area contributed by atoms with E-state index in [1.165, 1.54) is 0 Å². The molecule has 0 aliphatic carbocycles. The van der Waals surface area contributed by atoms with E-state index in [4.69, 9.17) is 69.6 Å². The second-order valence-corrected chi connectivity index (χ2v) is 7.77. The van der Waals surface area contributed by atoms with E-state index >= 15 is 0 Å². The third kappa shape index (κ3) is 8.78. The molecule has 0 aliphatic heterocycles. The smallest absolute Gasteiger partial charge is 0.232 e. The number of nitrogens with one attached hydrogen (secondary N) is 2. The first-order chi connectivity index (χ1) is 15.3. The summed E-state index contributed by atoms with van der Waals surface area (Å²) in [6.07, 6.45) is 0. The highest BCUT2D eigenvalue weighted by molar-refractivity contribution is 7.59. The van der Waals surface area contributed by atoms with Gasteiger partial charge in [0.25, 0.3) is 0 Å². The zero-order chi connectivity index (χ0) is 23.1. The van der Waals surface area contributed by atoms with Crippen LogP contribution in [0.1, 0.15) is 0 Å². The molecule has 0 saturated heterocycles. The highest BCUT2D eigenvalue weighted by Crippen LogP contribution is 2.25. The maximum Gasteiger partial charge on any atom is 0.232 e. The molecule has 15 heteroatoms. The summed E-state index contributed by atoms with van der Waals surface area (Å²) in [4.78, 5) is 22.7. The number of nitrogens with zero attached hydrogens (tertiary/aromatic N) is 6. The lowest BCUT2D eigenvalue weighted by atomic mass is 10.3. The van der Waals surface area contributed by atoms with Gasteiger partial charge in [0.1, 0.15) is 0 Å². The molecule has 0 saturated carbocycles. The fourth-order valence-electron chi connectivity index (χ4n) is 2.13. The van der Waals surface area contributed by atoms with Crippen LogP contribution in [-0.2, 0) is 0 Å². The van der Waals surface area contributed by atoms with Crippen molar-refractivity contribution in [2.45, 2.75) is 0 Å². The Morgan fingerprint density at radius 3 is 1.06 bits per heavy atom. The van der Waals surface area contributed by atoms with E-state index in [9.17, 15) is 0 Å². The summed E-state index contributed by atoms with van der Waals surface area (Å²) in [5.41, 5.74) is 1.34. The van der Waals surface area contributed by atoms with Gasteiger partial charge in [-0.3, -0.25) is 0 Å². The van der Waals surface area contributed by atoms with E-state index in [1.807, 2.05) is 24.3 Å². The van der Waals surface area contributed by atoms with Crippen LogP contribution in [0.2, 0.25) is 31.2 Å². The Labute approximate surface area is 225 Å². The molecule has 2 aromatic heterocycles. The van der Waals surface area contributed by atoms with E-state index in [0.717, 1.165) is 0 Å². The Balaban J connectivity index is 0.000000227. The Hall–Kier alpha value is -1.85. The molecule has 0 amide bonds. The number of aromatic nitrogens is 6. The average molecular weight is 585 g/mol. The van der Waals surface area contributed by atoms with Crippen LogP contribution in [0.3, 0.4) is 0 Å². The molecule has 0 spiro atoms. The first-order valence-electron chi connectivity index (χ1n) is 8.47. The average Bonchev–Trinajstić information content (AvgIpc) is 2.71. The van der Waals surface area contributed by atoms with Gasteiger partial charge in [0.05, 0.1) is 21.4 Å². The summed E-state index contributed by atoms with van der Waals surface area (Å²) < 4.78 is 0. The Bertz CT molecular complexity index is 1100. The zero-order valence-electron chi connectivity index (χ0n) is 16.1. The minimum Gasteiger partial charge on any atom is -0.323 e. The topological polar surface area (TPSA) is 101 Å². The number of rotatable bonds is 4. The number of benzene rings is 2. The quantitative estimate of drug-likeness (QED) is 0.258. The van der Waals surface area contributed by atoms with Crippen molar-refractivity contribution in [3.8, 4) is 0 Å². The second-order valence-electron chi connectivity index (χ2n) is 5.60. The highest BCUT2D eigenvalue weighted by Gasteiger charge is 2.06. The van der Waals surface area contributed by atoms with Gasteiger partial charge in [-0.2, -0.15) is 43.4 Å². The van der Waals surface area contributed by atoms with Gasteiger partial charge in [-0.15, -0.1) is 0 Å². The lowest BCUT2D eigenvalue weighted by Crippen LogP contribution is -1.99. The summed E-state index contributed by atoms with van der Waals surface area (Å²) >= 11 is 34.5. The van der Waals surface area contributed by atoms with Crippen LogP contribution in [-0.4, -0.2) is 29.9 Å². The predicted molar refractivity (Wildman–Crippen MR) is 140 cm³/mol. The molecule has 0 bridgehead atoms. The molecule has 0 unspecified atom stereocenters. The molecular weight excluding hydrogens is 573 g/mol. The number of halogens is 6. The van der Waals surface area contributed by atoms with Gasteiger partial charge in [-0.25, -0.2) is 0 Å². The maximum atomic E-state index is 5.95. The van der Waals surface area contributed by atoms with Crippen molar-refractivity contribution in [2.75, 3.05) is 10.6 Å². The Kier molecular flexibility index (Phi) is 10.9. The molecule has 2 N–H and O–H groups in total. The molecule has 0 aliphatic rings. The van der Waals surface area contributed by atoms with E-state index < -0.39 is 0 Å². The number of para-hydroxylation sites is 2. The van der Waals surface area contributed by atoms with Crippen molar-refractivity contribution in [3.63, 3.8) is 0 Å². The number of hydrogen-bond acceptors (Lipinski definition) is 8. The molecule has 2 aromatic carbocycles. The summed E-state index contributed by atoms with van der Waals surface area (Å²) in [5.74, 6) is 0.496. The van der Waals surface area contributed by atoms with Gasteiger partial charge in [0.2, 0.25) is 33.0 Å². The van der Waals surface area contributed by atoms with Crippen LogP contribution in [0.25, 0.3) is 0 Å². The minimum absolute atomic E-state index is 0. The van der Waals surface area contributed by atoms with Gasteiger partial charge in [-0.05, 0) is 70.7 Å². The summed E-state index contributed by atoms with van der Waals surface area (Å²) in [6.45, 7) is 0. The highest BCUT2D eigenvalue weighted by atomic mass is 35.5. The molecule has 33 heavy (non-hydrogen) atoms. The van der Waals surface area contributed by atoms with Crippen LogP contribution in [0.15, 0.2) is 48.5 Å². The van der Waals surface area contributed by atoms with Crippen molar-refractivity contribution >= 4 is 106 Å². The maximum absolute atomic E-state index is 5.95. The molecule has 0 radical (unpaired) electrons. The van der Waals surface area contributed by atoms with Gasteiger partial charge < -0.3 is 10.6 Å². The van der Waals surface area contributed by atoms with Crippen LogP contribution >= 0.6 is 83.1 Å². The fourth-order valence-corrected chi connectivity index (χ4v) is 3.22. The standard InChI is InChI=1S/2C9H5Cl3N4.H2S/c2*10-5-3-1-2-4-6(5)13-9-15-7(11)14-8(12)16-9;/h2*1-4H,(H,13,14,15,16);1H2. The van der Waals surface area contributed by atoms with E-state index in [-0.39, 0.29) is 46.5 Å². The normalized spacial score (nSPS) is 9.88. The number of hydrogen-bond donors (Lipinski definition) is 2. The fraction of sp³-hybridized carbons (Fsp3) is 0. The van der Waals surface area contributed by atoms with E-state index in [2.05, 4.69) is 40.5 Å². The SMILES string of the molecule is Clc1nc(Cl)nc(Nc2ccccc2Cl)n1.Clc1nc(Cl)nc(Nc2ccccc2Cl)n1.S. The zero-order valence-corrected chi connectivity index (χ0v) is 21.6. The molecule has 0 fully saturated rings. The first kappa shape index (κ1) is 27.4. The summed E-state index contributed by atoms with van der Waals surface area (Å²) in [5, 5.41) is 6.97. The van der Waals surface area contributed by atoms with Gasteiger partial charge in [-0.1, -0.05) is 47.5 Å². The predicted octanol–water partition coefficient (Wildman–Crippen LogP) is 7.26. The third-order valence-electron chi connectivity index (χ3n) is 3.40. The van der Waals surface area contributed by atoms with Crippen LogP contribution in [0, 0.1) is 0 Å². The summed E-state index contributed by atoms with van der Waals surface area (Å²) in [6, 6.07) is 14.4. The molecule has 4 rings (SSSR count). The van der Waals surface area contributed by atoms with E-state index in [1.54, 1.807) is 24.3 Å². The molecule has 0 atom stereocenters. The first-order valence-corrected chi connectivity index (χ1v) is 10.7. The Morgan fingerprint density at radius 2 is 0.758 bits per heavy atom. The minimum atomic E-state index is 0. The van der Waals surface area contributed by atoms with Crippen LogP contribution < -0.4 is 10.6 Å². The van der Waals surface area contributed by atoms with Crippen LogP contribution in [0.4, 0.5) is 23.3 Å². The van der Waals surface area contributed by atoms with Crippen molar-refractivity contribution in [1.29, 1.82) is 0 Å². The van der Waals surface area contributed by atoms with Crippen LogP contribution in [0.5, 0.6) is 0 Å². The van der Waals surface area contributed by atoms with Gasteiger partial charge >= 0.3 is 0 Å². The lowest BCUT2D eigenvalue weighted by Gasteiger charge is -2.06. The largest absolute Gasteiger partial charge is 0.323 e. The van der Waals surface area contributed by atoms with Crippen molar-refractivity contribution < 1.29 is 0 Å². The summed E-state index contributed by atoms with van der Waals surface area (Å²) in [7, 11) is 0. The van der Waals surface area contributed by atoms with Crippen molar-refractivity contribution in [3.05, 3.63) is 79.7 Å². The van der Waals surface area contributed by atoms with Gasteiger partial charge in [0.15, 0.2) is 0 Å². The van der Waals surface area contributed by atoms with Crippen molar-refractivity contribution in [2.24, 2.45) is 0 Å². The monoisotopic (exact) mass is 582 g/mol. The Morgan fingerprint density at radius 1 is 0.455 bits per heavy atom. The molecule has 172 valence electrons. The second kappa shape index (κ2) is 13.1. The van der Waals surface area contributed by atoms with Crippen molar-refractivity contribution in [1.82, 2.24) is 29.9 Å². The molecule has 4 aromatic rings. The number of anilines is 4. The van der Waals surface area contributed by atoms with Gasteiger partial charge in [0, 0.05) is 0 Å².